The minimum atomic E-state index is -3.72. The number of pyridine rings is 2. The third-order valence-corrected chi connectivity index (χ3v) is 6.72. The van der Waals surface area contributed by atoms with Crippen LogP contribution in [0.25, 0.3) is 16.8 Å². The smallest absolute Gasteiger partial charge is 0.278 e. The van der Waals surface area contributed by atoms with Crippen molar-refractivity contribution in [1.82, 2.24) is 18.8 Å². The van der Waals surface area contributed by atoms with Gasteiger partial charge in [-0.15, -0.1) is 0 Å². The zero-order valence-corrected chi connectivity index (χ0v) is 18.3. The maximum atomic E-state index is 12.7. The third-order valence-electron chi connectivity index (χ3n) is 4.34. The molecule has 9 heteroatoms. The lowest BCUT2D eigenvalue weighted by Gasteiger charge is -2.13. The van der Waals surface area contributed by atoms with E-state index in [0.29, 0.717) is 5.69 Å². The lowest BCUT2D eigenvalue weighted by atomic mass is 10.1. The van der Waals surface area contributed by atoms with Gasteiger partial charge in [0, 0.05) is 40.3 Å². The van der Waals surface area contributed by atoms with Crippen LogP contribution in [0.4, 0.5) is 0 Å². The second-order valence-corrected chi connectivity index (χ2v) is 9.40. The third kappa shape index (κ3) is 4.01. The fourth-order valence-electron chi connectivity index (χ4n) is 2.76. The van der Waals surface area contributed by atoms with Crippen LogP contribution in [-0.2, 0) is 10.0 Å². The molecular formula is C20H16IN5O2S. The van der Waals surface area contributed by atoms with Crippen molar-refractivity contribution in [2.45, 2.75) is 4.90 Å². The first kappa shape index (κ1) is 19.5. The number of sulfonamides is 1. The Labute approximate surface area is 181 Å². The molecule has 4 aromatic rings. The van der Waals surface area contributed by atoms with Crippen molar-refractivity contribution in [3.63, 3.8) is 0 Å². The molecule has 0 saturated carbocycles. The summed E-state index contributed by atoms with van der Waals surface area (Å²) in [6, 6.07) is 14.3. The molecule has 3 heterocycles. The molecule has 146 valence electrons. The van der Waals surface area contributed by atoms with Crippen molar-refractivity contribution >= 4 is 44.5 Å². The summed E-state index contributed by atoms with van der Waals surface area (Å²) in [5.74, 6) is 0. The molecule has 3 aromatic heterocycles. The molecule has 0 aliphatic rings. The number of halogens is 1. The highest BCUT2D eigenvalue weighted by Gasteiger charge is 2.19. The van der Waals surface area contributed by atoms with Gasteiger partial charge in [0.25, 0.3) is 10.0 Å². The second-order valence-electron chi connectivity index (χ2n) is 6.21. The van der Waals surface area contributed by atoms with Crippen LogP contribution in [0.5, 0.6) is 0 Å². The zero-order valence-electron chi connectivity index (χ0n) is 15.3. The van der Waals surface area contributed by atoms with Crippen molar-refractivity contribution in [1.29, 1.82) is 0 Å². The van der Waals surface area contributed by atoms with Crippen LogP contribution in [0.2, 0.25) is 0 Å². The topological polar surface area (TPSA) is 79.9 Å². The highest BCUT2D eigenvalue weighted by atomic mass is 127. The summed E-state index contributed by atoms with van der Waals surface area (Å²) >= 11 is 2.13. The molecule has 4 rings (SSSR count). The Morgan fingerprint density at radius 3 is 2.59 bits per heavy atom. The van der Waals surface area contributed by atoms with Gasteiger partial charge in [0.05, 0.1) is 23.0 Å². The number of aromatic nitrogens is 3. The van der Waals surface area contributed by atoms with E-state index in [9.17, 15) is 8.42 Å². The molecule has 0 amide bonds. The number of hydrogen-bond acceptors (Lipinski definition) is 5. The van der Waals surface area contributed by atoms with Crippen molar-refractivity contribution in [3.05, 3.63) is 82.6 Å². The molecule has 0 fully saturated rings. The lowest BCUT2D eigenvalue weighted by Crippen LogP contribution is -2.22. The minimum Gasteiger partial charge on any atom is -0.298 e. The summed E-state index contributed by atoms with van der Waals surface area (Å²) in [5, 5.41) is 4.13. The first-order chi connectivity index (χ1) is 13.9. The maximum absolute atomic E-state index is 12.7. The summed E-state index contributed by atoms with van der Waals surface area (Å²) in [7, 11) is -2.31. The first-order valence-electron chi connectivity index (χ1n) is 8.61. The van der Waals surface area contributed by atoms with Crippen molar-refractivity contribution in [2.75, 3.05) is 7.05 Å². The summed E-state index contributed by atoms with van der Waals surface area (Å²) in [6.07, 6.45) is 8.57. The van der Waals surface area contributed by atoms with E-state index in [-0.39, 0.29) is 4.90 Å². The average molecular weight is 517 g/mol. The second kappa shape index (κ2) is 7.91. The van der Waals surface area contributed by atoms with Gasteiger partial charge >= 0.3 is 0 Å². The number of hydrogen-bond donors (Lipinski definition) is 0. The van der Waals surface area contributed by atoms with Gasteiger partial charge in [-0.2, -0.15) is 17.9 Å². The summed E-state index contributed by atoms with van der Waals surface area (Å²) in [6.45, 7) is 0. The SMILES string of the molecule is CN(/N=C/c1cnc2ccc(-c3cccnc3)cn12)S(=O)(=O)c1ccc(I)cc1. The molecule has 7 nitrogen and oxygen atoms in total. The van der Waals surface area contributed by atoms with E-state index in [2.05, 4.69) is 37.7 Å². The molecule has 0 spiro atoms. The van der Waals surface area contributed by atoms with Gasteiger partial charge in [-0.3, -0.25) is 9.38 Å². The van der Waals surface area contributed by atoms with Crippen molar-refractivity contribution in [3.8, 4) is 11.1 Å². The monoisotopic (exact) mass is 517 g/mol. The van der Waals surface area contributed by atoms with Gasteiger partial charge in [-0.1, -0.05) is 6.07 Å². The quantitative estimate of drug-likeness (QED) is 0.230. The highest BCUT2D eigenvalue weighted by molar-refractivity contribution is 14.1. The molecule has 1 aromatic carbocycles. The Hall–Kier alpha value is -2.79. The van der Waals surface area contributed by atoms with Gasteiger partial charge in [0.2, 0.25) is 0 Å². The molecule has 0 saturated heterocycles. The molecule has 0 atom stereocenters. The van der Waals surface area contributed by atoms with E-state index < -0.39 is 10.0 Å². The van der Waals surface area contributed by atoms with Gasteiger partial charge in [0.15, 0.2) is 0 Å². The van der Waals surface area contributed by atoms with Crippen LogP contribution >= 0.6 is 22.6 Å². The van der Waals surface area contributed by atoms with Gasteiger partial charge in [-0.05, 0) is 65.1 Å². The van der Waals surface area contributed by atoms with Crippen LogP contribution in [0, 0.1) is 3.57 Å². The molecule has 0 N–H and O–H groups in total. The number of benzene rings is 1. The van der Waals surface area contributed by atoms with E-state index >= 15 is 0 Å². The van der Waals surface area contributed by atoms with Crippen molar-refractivity contribution < 1.29 is 8.42 Å². The van der Waals surface area contributed by atoms with Gasteiger partial charge in [-0.25, -0.2) is 4.98 Å². The van der Waals surface area contributed by atoms with Gasteiger partial charge in [0.1, 0.15) is 5.65 Å². The molecule has 0 unspecified atom stereocenters. The van der Waals surface area contributed by atoms with Crippen LogP contribution in [-0.4, -0.2) is 40.5 Å². The Balaban J connectivity index is 1.65. The zero-order chi connectivity index (χ0) is 20.4. The molecule has 29 heavy (non-hydrogen) atoms. The van der Waals surface area contributed by atoms with E-state index in [1.54, 1.807) is 42.9 Å². The largest absolute Gasteiger partial charge is 0.298 e. The fourth-order valence-corrected chi connectivity index (χ4v) is 4.08. The summed E-state index contributed by atoms with van der Waals surface area (Å²) in [5.41, 5.74) is 3.35. The number of imidazole rings is 1. The van der Waals surface area contributed by atoms with E-state index in [0.717, 1.165) is 24.8 Å². The Morgan fingerprint density at radius 1 is 1.07 bits per heavy atom. The predicted octanol–water partition coefficient (Wildman–Crippen LogP) is 3.66. The van der Waals surface area contributed by atoms with E-state index in [4.69, 9.17) is 0 Å². The molecular weight excluding hydrogens is 501 g/mol. The fraction of sp³-hybridized carbons (Fsp3) is 0.0500. The van der Waals surface area contributed by atoms with Gasteiger partial charge < -0.3 is 0 Å². The molecule has 0 aliphatic heterocycles. The Kier molecular flexibility index (Phi) is 5.33. The number of rotatable bonds is 5. The number of nitrogens with zero attached hydrogens (tertiary/aromatic N) is 5. The first-order valence-corrected chi connectivity index (χ1v) is 11.1. The van der Waals surface area contributed by atoms with Crippen LogP contribution in [0.3, 0.4) is 0 Å². The molecule has 0 radical (unpaired) electrons. The standard InChI is InChI=1S/C20H16IN5O2S/c1-25(29(27,28)19-7-5-17(21)6-8-19)24-13-18-12-23-20-9-4-16(14-26(18)20)15-3-2-10-22-11-15/h2-14H,1H3/b24-13+. The van der Waals surface area contributed by atoms with Crippen molar-refractivity contribution in [2.24, 2.45) is 5.10 Å². The summed E-state index contributed by atoms with van der Waals surface area (Å²) < 4.78 is 29.1. The highest BCUT2D eigenvalue weighted by Crippen LogP contribution is 2.20. The summed E-state index contributed by atoms with van der Waals surface area (Å²) in [4.78, 5) is 8.69. The number of hydrazone groups is 1. The average Bonchev–Trinajstić information content (AvgIpc) is 3.15. The lowest BCUT2D eigenvalue weighted by molar-refractivity contribution is 0.491. The Bertz CT molecular complexity index is 1290. The Morgan fingerprint density at radius 2 is 1.86 bits per heavy atom. The normalized spacial score (nSPS) is 11.9. The van der Waals surface area contributed by atoms with Crippen LogP contribution < -0.4 is 0 Å². The van der Waals surface area contributed by atoms with E-state index in [1.807, 2.05) is 34.9 Å². The van der Waals surface area contributed by atoms with Crippen LogP contribution in [0.15, 0.2) is 83.3 Å². The number of fused-ring (bicyclic) bond motifs is 1. The van der Waals surface area contributed by atoms with Crippen LogP contribution in [0.1, 0.15) is 5.69 Å². The van der Waals surface area contributed by atoms with E-state index in [1.165, 1.54) is 13.3 Å². The minimum absolute atomic E-state index is 0.189. The molecule has 0 bridgehead atoms. The molecule has 0 aliphatic carbocycles. The predicted molar refractivity (Wildman–Crippen MR) is 120 cm³/mol. The maximum Gasteiger partial charge on any atom is 0.278 e.